The normalized spacial score (nSPS) is 11.7. The summed E-state index contributed by atoms with van der Waals surface area (Å²) in [6, 6.07) is 15.2. The van der Waals surface area contributed by atoms with E-state index in [0.717, 1.165) is 0 Å². The van der Waals surface area contributed by atoms with Gasteiger partial charge in [0.15, 0.2) is 6.10 Å². The number of hydrogen-bond acceptors (Lipinski definition) is 5. The van der Waals surface area contributed by atoms with Gasteiger partial charge in [-0.05, 0) is 36.8 Å². The largest absolute Gasteiger partial charge is 0.448 e. The van der Waals surface area contributed by atoms with Crippen molar-refractivity contribution in [2.75, 3.05) is 5.32 Å². The molecule has 0 aliphatic carbocycles. The van der Waals surface area contributed by atoms with Crippen LogP contribution in [0.3, 0.4) is 0 Å². The van der Waals surface area contributed by atoms with Gasteiger partial charge < -0.3 is 15.4 Å². The first-order valence-corrected chi connectivity index (χ1v) is 8.93. The first-order valence-electron chi connectivity index (χ1n) is 8.56. The zero-order chi connectivity index (χ0) is 21.4. The van der Waals surface area contributed by atoms with Gasteiger partial charge in [0.05, 0.1) is 10.6 Å². The van der Waals surface area contributed by atoms with Crippen molar-refractivity contribution < 1.29 is 19.1 Å². The fourth-order valence-corrected chi connectivity index (χ4v) is 2.48. The van der Waals surface area contributed by atoms with Gasteiger partial charge in [0.25, 0.3) is 5.91 Å². The molecule has 7 nitrogen and oxygen atoms in total. The zero-order valence-electron chi connectivity index (χ0n) is 15.7. The molecule has 0 bridgehead atoms. The van der Waals surface area contributed by atoms with Gasteiger partial charge in [0.2, 0.25) is 5.91 Å². The SMILES string of the molecule is CC(=O)N/C(=C\c1ccccc1)C(=O)O[C@H](C)C(=O)Nc1ccc(C#N)c(Cl)c1. The van der Waals surface area contributed by atoms with Crippen LogP contribution in [0.5, 0.6) is 0 Å². The van der Waals surface area contributed by atoms with Crippen LogP contribution < -0.4 is 10.6 Å². The van der Waals surface area contributed by atoms with E-state index in [1.807, 2.05) is 12.1 Å². The van der Waals surface area contributed by atoms with Crippen LogP contribution in [-0.2, 0) is 19.1 Å². The van der Waals surface area contributed by atoms with E-state index in [0.29, 0.717) is 11.3 Å². The van der Waals surface area contributed by atoms with Crippen molar-refractivity contribution in [3.8, 4) is 6.07 Å². The summed E-state index contributed by atoms with van der Waals surface area (Å²) in [5, 5.41) is 14.0. The first kappa shape index (κ1) is 21.7. The molecule has 0 aromatic heterocycles. The topological polar surface area (TPSA) is 108 Å². The molecular formula is C21H18ClN3O4. The summed E-state index contributed by atoms with van der Waals surface area (Å²) in [7, 11) is 0. The Morgan fingerprint density at radius 2 is 1.86 bits per heavy atom. The van der Waals surface area contributed by atoms with E-state index in [9.17, 15) is 14.4 Å². The van der Waals surface area contributed by atoms with Gasteiger partial charge in [-0.15, -0.1) is 0 Å². The third-order valence-corrected chi connectivity index (χ3v) is 3.96. The molecule has 2 aromatic carbocycles. The maximum Gasteiger partial charge on any atom is 0.355 e. The molecule has 2 aromatic rings. The van der Waals surface area contributed by atoms with Crippen molar-refractivity contribution >= 4 is 41.1 Å². The minimum absolute atomic E-state index is 0.0928. The third kappa shape index (κ3) is 6.48. The molecule has 0 saturated heterocycles. The Bertz CT molecular complexity index is 997. The van der Waals surface area contributed by atoms with Crippen molar-refractivity contribution in [3.05, 3.63) is 70.4 Å². The van der Waals surface area contributed by atoms with Crippen LogP contribution in [0.2, 0.25) is 5.02 Å². The smallest absolute Gasteiger partial charge is 0.355 e. The molecule has 0 fully saturated rings. The minimum Gasteiger partial charge on any atom is -0.448 e. The van der Waals surface area contributed by atoms with Crippen LogP contribution in [0.25, 0.3) is 6.08 Å². The van der Waals surface area contributed by atoms with Crippen molar-refractivity contribution in [1.29, 1.82) is 5.26 Å². The highest BCUT2D eigenvalue weighted by Gasteiger charge is 2.21. The second-order valence-corrected chi connectivity index (χ2v) is 6.40. The quantitative estimate of drug-likeness (QED) is 0.560. The lowest BCUT2D eigenvalue weighted by Gasteiger charge is -2.15. The van der Waals surface area contributed by atoms with Gasteiger partial charge in [0.1, 0.15) is 11.8 Å². The van der Waals surface area contributed by atoms with Gasteiger partial charge in [-0.3, -0.25) is 9.59 Å². The van der Waals surface area contributed by atoms with Crippen LogP contribution in [0.4, 0.5) is 5.69 Å². The summed E-state index contributed by atoms with van der Waals surface area (Å²) in [6.07, 6.45) is 0.305. The lowest BCUT2D eigenvalue weighted by atomic mass is 10.2. The molecule has 0 saturated carbocycles. The Balaban J connectivity index is 2.09. The first-order chi connectivity index (χ1) is 13.8. The Morgan fingerprint density at radius 1 is 1.17 bits per heavy atom. The van der Waals surface area contributed by atoms with Gasteiger partial charge in [-0.1, -0.05) is 41.9 Å². The Morgan fingerprint density at radius 3 is 2.45 bits per heavy atom. The molecule has 0 heterocycles. The predicted molar refractivity (Wildman–Crippen MR) is 109 cm³/mol. The summed E-state index contributed by atoms with van der Waals surface area (Å²) < 4.78 is 5.18. The van der Waals surface area contributed by atoms with E-state index >= 15 is 0 Å². The van der Waals surface area contributed by atoms with E-state index in [-0.39, 0.29) is 16.3 Å². The number of carbonyl (C=O) groups is 3. The van der Waals surface area contributed by atoms with E-state index in [2.05, 4.69) is 10.6 Å². The number of hydrogen-bond donors (Lipinski definition) is 2. The van der Waals surface area contributed by atoms with Crippen molar-refractivity contribution in [2.24, 2.45) is 0 Å². The summed E-state index contributed by atoms with van der Waals surface area (Å²) in [5.74, 6) is -1.90. The molecule has 8 heteroatoms. The molecule has 0 aliphatic heterocycles. The molecule has 148 valence electrons. The molecule has 0 unspecified atom stereocenters. The number of nitriles is 1. The third-order valence-electron chi connectivity index (χ3n) is 3.65. The molecule has 2 amide bonds. The molecule has 2 rings (SSSR count). The highest BCUT2D eigenvalue weighted by Crippen LogP contribution is 2.20. The van der Waals surface area contributed by atoms with Gasteiger partial charge in [-0.2, -0.15) is 5.26 Å². The number of nitrogens with zero attached hydrogens (tertiary/aromatic N) is 1. The summed E-state index contributed by atoms with van der Waals surface area (Å²) in [5.41, 5.74) is 1.21. The Labute approximate surface area is 172 Å². The summed E-state index contributed by atoms with van der Waals surface area (Å²) in [4.78, 5) is 36.2. The number of halogens is 1. The number of esters is 1. The van der Waals surface area contributed by atoms with Crippen molar-refractivity contribution in [2.45, 2.75) is 20.0 Å². The molecule has 2 N–H and O–H groups in total. The second-order valence-electron chi connectivity index (χ2n) is 5.99. The average molecular weight is 412 g/mol. The maximum atomic E-state index is 12.4. The molecule has 1 atom stereocenters. The van der Waals surface area contributed by atoms with Gasteiger partial charge >= 0.3 is 5.97 Å². The van der Waals surface area contributed by atoms with Crippen LogP contribution in [0, 0.1) is 11.3 Å². The molecule has 0 aliphatic rings. The predicted octanol–water partition coefficient (Wildman–Crippen LogP) is 3.26. The highest BCUT2D eigenvalue weighted by atomic mass is 35.5. The standard InChI is InChI=1S/C21H18ClN3O4/c1-13(20(27)25-17-9-8-16(12-23)18(22)11-17)29-21(28)19(24-14(2)26)10-15-6-4-3-5-7-15/h3-11,13H,1-2H3,(H,24,26)(H,25,27)/b19-10-/t13-/m1/s1. The lowest BCUT2D eigenvalue weighted by Crippen LogP contribution is -2.33. The number of anilines is 1. The minimum atomic E-state index is -1.15. The summed E-state index contributed by atoms with van der Waals surface area (Å²) in [6.45, 7) is 2.66. The average Bonchev–Trinajstić information content (AvgIpc) is 2.68. The number of nitrogens with one attached hydrogen (secondary N) is 2. The monoisotopic (exact) mass is 411 g/mol. The second kappa shape index (κ2) is 10.1. The summed E-state index contributed by atoms with van der Waals surface area (Å²) >= 11 is 5.94. The number of carbonyl (C=O) groups excluding carboxylic acids is 3. The lowest BCUT2D eigenvalue weighted by molar-refractivity contribution is -0.149. The molecule has 0 radical (unpaired) electrons. The highest BCUT2D eigenvalue weighted by molar-refractivity contribution is 6.32. The maximum absolute atomic E-state index is 12.4. The number of benzene rings is 2. The Hall–Kier alpha value is -3.63. The van der Waals surface area contributed by atoms with E-state index in [1.54, 1.807) is 24.3 Å². The number of rotatable bonds is 6. The number of amides is 2. The molecule has 0 spiro atoms. The number of ether oxygens (including phenoxy) is 1. The van der Waals surface area contributed by atoms with Crippen LogP contribution in [-0.4, -0.2) is 23.9 Å². The van der Waals surface area contributed by atoms with E-state index in [4.69, 9.17) is 21.6 Å². The van der Waals surface area contributed by atoms with Crippen molar-refractivity contribution in [1.82, 2.24) is 5.32 Å². The fourth-order valence-electron chi connectivity index (χ4n) is 2.26. The molecular weight excluding hydrogens is 394 g/mol. The molecule has 29 heavy (non-hydrogen) atoms. The Kier molecular flexibility index (Phi) is 7.52. The zero-order valence-corrected chi connectivity index (χ0v) is 16.5. The van der Waals surface area contributed by atoms with Gasteiger partial charge in [-0.25, -0.2) is 4.79 Å². The van der Waals surface area contributed by atoms with Crippen molar-refractivity contribution in [3.63, 3.8) is 0 Å². The van der Waals surface area contributed by atoms with E-state index in [1.165, 1.54) is 38.1 Å². The van der Waals surface area contributed by atoms with E-state index < -0.39 is 23.9 Å². The fraction of sp³-hybridized carbons (Fsp3) is 0.143. The van der Waals surface area contributed by atoms with Crippen LogP contribution in [0.1, 0.15) is 25.0 Å². The van der Waals surface area contributed by atoms with Crippen LogP contribution >= 0.6 is 11.6 Å². The van der Waals surface area contributed by atoms with Gasteiger partial charge in [0, 0.05) is 12.6 Å². The van der Waals surface area contributed by atoms with Crippen LogP contribution in [0.15, 0.2) is 54.2 Å².